The first kappa shape index (κ1) is 9.97. The lowest BCUT2D eigenvalue weighted by Gasteiger charge is -2.06. The minimum absolute atomic E-state index is 0.0205. The molecule has 0 amide bonds. The van der Waals surface area contributed by atoms with Crippen LogP contribution in [0.3, 0.4) is 0 Å². The molecule has 3 nitrogen and oxygen atoms in total. The van der Waals surface area contributed by atoms with Gasteiger partial charge in [-0.15, -0.1) is 5.92 Å². The standard InChI is InChI=1S/C12H14N2O/c1-3-4-7-14-9(2)13-11(8-12(14)15)10-5-6-10/h8,10H,5-7H2,1-2H3. The lowest BCUT2D eigenvalue weighted by Crippen LogP contribution is -2.23. The average molecular weight is 202 g/mol. The zero-order valence-corrected chi connectivity index (χ0v) is 9.08. The van der Waals surface area contributed by atoms with Gasteiger partial charge in [0.05, 0.1) is 12.2 Å². The Balaban J connectivity index is 2.37. The molecule has 0 N–H and O–H groups in total. The molecule has 15 heavy (non-hydrogen) atoms. The van der Waals surface area contributed by atoms with Crippen LogP contribution in [-0.4, -0.2) is 9.55 Å². The number of aryl methyl sites for hydroxylation is 1. The fraction of sp³-hybridized carbons (Fsp3) is 0.500. The van der Waals surface area contributed by atoms with Gasteiger partial charge in [0.1, 0.15) is 5.82 Å². The van der Waals surface area contributed by atoms with E-state index in [-0.39, 0.29) is 5.56 Å². The normalized spacial score (nSPS) is 14.5. The van der Waals surface area contributed by atoms with Crippen molar-refractivity contribution in [3.8, 4) is 11.8 Å². The Morgan fingerprint density at radius 1 is 1.60 bits per heavy atom. The number of nitrogens with zero attached hydrogens (tertiary/aromatic N) is 2. The molecule has 0 atom stereocenters. The van der Waals surface area contributed by atoms with Crippen LogP contribution < -0.4 is 5.56 Å². The van der Waals surface area contributed by atoms with Crippen LogP contribution in [0, 0.1) is 18.8 Å². The van der Waals surface area contributed by atoms with E-state index in [2.05, 4.69) is 16.8 Å². The average Bonchev–Trinajstić information content (AvgIpc) is 2.99. The third-order valence-corrected chi connectivity index (χ3v) is 2.63. The van der Waals surface area contributed by atoms with E-state index in [9.17, 15) is 4.79 Å². The Bertz CT molecular complexity index is 487. The van der Waals surface area contributed by atoms with Crippen molar-refractivity contribution in [3.05, 3.63) is 27.9 Å². The first-order valence-corrected chi connectivity index (χ1v) is 5.20. The summed E-state index contributed by atoms with van der Waals surface area (Å²) in [6.45, 7) is 4.08. The molecule has 2 rings (SSSR count). The quantitative estimate of drug-likeness (QED) is 0.680. The predicted molar refractivity (Wildman–Crippen MR) is 58.7 cm³/mol. The van der Waals surface area contributed by atoms with Crippen molar-refractivity contribution >= 4 is 0 Å². The van der Waals surface area contributed by atoms with E-state index < -0.39 is 0 Å². The fourth-order valence-corrected chi connectivity index (χ4v) is 1.58. The second-order valence-corrected chi connectivity index (χ2v) is 3.85. The van der Waals surface area contributed by atoms with Crippen molar-refractivity contribution in [1.29, 1.82) is 0 Å². The van der Waals surface area contributed by atoms with Crippen LogP contribution in [0.25, 0.3) is 0 Å². The van der Waals surface area contributed by atoms with Crippen LogP contribution in [0.5, 0.6) is 0 Å². The van der Waals surface area contributed by atoms with Crippen LogP contribution in [0.4, 0.5) is 0 Å². The Hall–Kier alpha value is -1.56. The summed E-state index contributed by atoms with van der Waals surface area (Å²) < 4.78 is 1.61. The summed E-state index contributed by atoms with van der Waals surface area (Å²) in [6, 6.07) is 1.65. The molecule has 0 saturated heterocycles. The van der Waals surface area contributed by atoms with Crippen LogP contribution in [0.1, 0.15) is 37.2 Å². The molecule has 3 heteroatoms. The molecular weight excluding hydrogens is 188 g/mol. The molecule has 0 radical (unpaired) electrons. The van der Waals surface area contributed by atoms with Gasteiger partial charge in [-0.1, -0.05) is 5.92 Å². The lowest BCUT2D eigenvalue weighted by atomic mass is 10.3. The summed E-state index contributed by atoms with van der Waals surface area (Å²) in [7, 11) is 0. The minimum Gasteiger partial charge on any atom is -0.285 e. The van der Waals surface area contributed by atoms with Gasteiger partial charge in [-0.3, -0.25) is 9.36 Å². The molecule has 0 unspecified atom stereocenters. The second-order valence-electron chi connectivity index (χ2n) is 3.85. The van der Waals surface area contributed by atoms with Crippen LogP contribution in [0.2, 0.25) is 0 Å². The molecular formula is C12H14N2O. The largest absolute Gasteiger partial charge is 0.285 e. The van der Waals surface area contributed by atoms with Gasteiger partial charge in [-0.05, 0) is 26.7 Å². The monoisotopic (exact) mass is 202 g/mol. The maximum Gasteiger partial charge on any atom is 0.254 e. The molecule has 0 spiro atoms. The molecule has 1 aliphatic carbocycles. The number of aromatic nitrogens is 2. The van der Waals surface area contributed by atoms with Crippen molar-refractivity contribution in [2.45, 2.75) is 39.2 Å². The predicted octanol–water partition coefficient (Wildman–Crippen LogP) is 1.45. The second kappa shape index (κ2) is 3.90. The zero-order chi connectivity index (χ0) is 10.8. The van der Waals surface area contributed by atoms with Crippen LogP contribution >= 0.6 is 0 Å². The highest BCUT2D eigenvalue weighted by Crippen LogP contribution is 2.38. The summed E-state index contributed by atoms with van der Waals surface area (Å²) in [6.07, 6.45) is 2.34. The van der Waals surface area contributed by atoms with E-state index in [0.29, 0.717) is 12.5 Å². The maximum absolute atomic E-state index is 11.8. The molecule has 0 bridgehead atoms. The van der Waals surface area contributed by atoms with E-state index in [1.807, 2.05) is 6.92 Å². The van der Waals surface area contributed by atoms with Crippen LogP contribution in [0.15, 0.2) is 10.9 Å². The third kappa shape index (κ3) is 2.10. The Labute approximate surface area is 89.2 Å². The summed E-state index contributed by atoms with van der Waals surface area (Å²) in [5.41, 5.74) is 0.977. The van der Waals surface area contributed by atoms with E-state index in [1.54, 1.807) is 17.6 Å². The molecule has 78 valence electrons. The molecule has 1 fully saturated rings. The maximum atomic E-state index is 11.8. The van der Waals surface area contributed by atoms with Gasteiger partial charge < -0.3 is 0 Å². The van der Waals surface area contributed by atoms with Gasteiger partial charge in [0.2, 0.25) is 0 Å². The molecule has 1 aliphatic rings. The highest BCUT2D eigenvalue weighted by molar-refractivity contribution is 5.15. The first-order valence-electron chi connectivity index (χ1n) is 5.20. The molecule has 1 saturated carbocycles. The van der Waals surface area contributed by atoms with E-state index in [4.69, 9.17) is 0 Å². The summed E-state index contributed by atoms with van der Waals surface area (Å²) >= 11 is 0. The minimum atomic E-state index is 0.0205. The highest BCUT2D eigenvalue weighted by Gasteiger charge is 2.25. The summed E-state index contributed by atoms with van der Waals surface area (Å²) in [5, 5.41) is 0. The van der Waals surface area contributed by atoms with Gasteiger partial charge in [0, 0.05) is 12.0 Å². The third-order valence-electron chi connectivity index (χ3n) is 2.63. The van der Waals surface area contributed by atoms with Crippen molar-refractivity contribution in [3.63, 3.8) is 0 Å². The van der Waals surface area contributed by atoms with Gasteiger partial charge in [-0.25, -0.2) is 4.98 Å². The topological polar surface area (TPSA) is 34.9 Å². The summed E-state index contributed by atoms with van der Waals surface area (Å²) in [5.74, 6) is 6.97. The van der Waals surface area contributed by atoms with Crippen molar-refractivity contribution in [2.75, 3.05) is 0 Å². The number of hydrogen-bond acceptors (Lipinski definition) is 2. The van der Waals surface area contributed by atoms with Crippen molar-refractivity contribution in [2.24, 2.45) is 0 Å². The highest BCUT2D eigenvalue weighted by atomic mass is 16.1. The van der Waals surface area contributed by atoms with Gasteiger partial charge in [0.15, 0.2) is 0 Å². The smallest absolute Gasteiger partial charge is 0.254 e. The molecule has 0 aliphatic heterocycles. The SMILES string of the molecule is CC#CCn1c(C)nc(C2CC2)cc1=O. The Morgan fingerprint density at radius 3 is 2.87 bits per heavy atom. The molecule has 1 aromatic heterocycles. The zero-order valence-electron chi connectivity index (χ0n) is 9.08. The van der Waals surface area contributed by atoms with E-state index in [1.165, 1.54) is 12.8 Å². The Morgan fingerprint density at radius 2 is 2.33 bits per heavy atom. The molecule has 0 aromatic carbocycles. The molecule has 1 heterocycles. The van der Waals surface area contributed by atoms with Gasteiger partial charge >= 0.3 is 0 Å². The fourth-order valence-electron chi connectivity index (χ4n) is 1.58. The summed E-state index contributed by atoms with van der Waals surface area (Å²) in [4.78, 5) is 16.2. The van der Waals surface area contributed by atoms with Gasteiger partial charge in [-0.2, -0.15) is 0 Å². The van der Waals surface area contributed by atoms with Crippen LogP contribution in [-0.2, 0) is 6.54 Å². The first-order chi connectivity index (χ1) is 7.22. The van der Waals surface area contributed by atoms with Crippen molar-refractivity contribution in [1.82, 2.24) is 9.55 Å². The van der Waals surface area contributed by atoms with Gasteiger partial charge in [0.25, 0.3) is 5.56 Å². The van der Waals surface area contributed by atoms with E-state index >= 15 is 0 Å². The van der Waals surface area contributed by atoms with E-state index in [0.717, 1.165) is 11.5 Å². The molecule has 1 aromatic rings. The number of hydrogen-bond donors (Lipinski definition) is 0. The lowest BCUT2D eigenvalue weighted by molar-refractivity contribution is 0.712. The number of rotatable bonds is 2. The Kier molecular flexibility index (Phi) is 2.59. The van der Waals surface area contributed by atoms with Crippen molar-refractivity contribution < 1.29 is 0 Å².